The van der Waals surface area contributed by atoms with Gasteiger partial charge in [-0.25, -0.2) is 0 Å². The molecular weight excluding hydrogens is 444 g/mol. The first-order chi connectivity index (χ1) is 16.4. The number of aromatic nitrogens is 3. The van der Waals surface area contributed by atoms with Gasteiger partial charge in [0, 0.05) is 41.6 Å². The van der Waals surface area contributed by atoms with E-state index in [2.05, 4.69) is 34.5 Å². The number of carbonyl (C=O) groups is 1. The van der Waals surface area contributed by atoms with Gasteiger partial charge in [0.05, 0.1) is 5.69 Å². The van der Waals surface area contributed by atoms with Gasteiger partial charge < -0.3 is 5.32 Å². The van der Waals surface area contributed by atoms with Crippen LogP contribution in [0.1, 0.15) is 39.2 Å². The molecule has 1 amide bonds. The van der Waals surface area contributed by atoms with Gasteiger partial charge in [0.2, 0.25) is 0 Å². The molecule has 2 aromatic heterocycles. The molecule has 6 heteroatoms. The van der Waals surface area contributed by atoms with E-state index >= 15 is 0 Å². The molecule has 1 aliphatic rings. The molecule has 1 aliphatic carbocycles. The summed E-state index contributed by atoms with van der Waals surface area (Å²) in [6.45, 7) is 4.18. The Morgan fingerprint density at radius 1 is 1.03 bits per heavy atom. The van der Waals surface area contributed by atoms with Gasteiger partial charge in [-0.15, -0.1) is 0 Å². The van der Waals surface area contributed by atoms with Crippen LogP contribution in [-0.2, 0) is 19.9 Å². The highest BCUT2D eigenvalue weighted by atomic mass is 35.5. The molecule has 0 spiro atoms. The van der Waals surface area contributed by atoms with E-state index in [-0.39, 0.29) is 11.9 Å². The number of fused-ring (bicyclic) bond motifs is 1. The van der Waals surface area contributed by atoms with Crippen LogP contribution in [0.2, 0.25) is 5.02 Å². The van der Waals surface area contributed by atoms with E-state index in [4.69, 9.17) is 11.6 Å². The van der Waals surface area contributed by atoms with Crippen LogP contribution in [0.3, 0.4) is 0 Å². The minimum atomic E-state index is -0.137. The zero-order chi connectivity index (χ0) is 23.8. The van der Waals surface area contributed by atoms with Crippen LogP contribution in [0.15, 0.2) is 60.9 Å². The molecule has 0 unspecified atom stereocenters. The second-order valence-electron chi connectivity index (χ2n) is 9.03. The monoisotopic (exact) mass is 470 g/mol. The van der Waals surface area contributed by atoms with Crippen molar-refractivity contribution < 1.29 is 4.79 Å². The fourth-order valence-electron chi connectivity index (χ4n) is 4.96. The Kier molecular flexibility index (Phi) is 5.96. The van der Waals surface area contributed by atoms with E-state index in [1.165, 1.54) is 22.3 Å². The van der Waals surface area contributed by atoms with Gasteiger partial charge in [-0.3, -0.25) is 14.5 Å². The lowest BCUT2D eigenvalue weighted by molar-refractivity contribution is 0.0928. The summed E-state index contributed by atoms with van der Waals surface area (Å²) in [5.74, 6) is -0.137. The molecule has 1 N–H and O–H groups in total. The standard InChI is InChI=1S/C28H27ClN4O/c1-17-4-8-24(27-12-13-31-33(27)3)25-15-21(7-10-23(17)25)32-28(34)26-11-5-19(16-30-26)22-9-6-20(29)14-18(22)2/h4-6,8-9,11-14,16,21H,7,10,15H2,1-3H3,(H,32,34)/t21-/m0/s1. The molecule has 5 rings (SSSR count). The minimum absolute atomic E-state index is 0.0637. The molecule has 4 aromatic rings. The smallest absolute Gasteiger partial charge is 0.270 e. The molecular formula is C28H27ClN4O. The topological polar surface area (TPSA) is 59.8 Å². The predicted molar refractivity (Wildman–Crippen MR) is 136 cm³/mol. The lowest BCUT2D eigenvalue weighted by Crippen LogP contribution is -2.39. The summed E-state index contributed by atoms with van der Waals surface area (Å²) in [5.41, 5.74) is 9.83. The largest absolute Gasteiger partial charge is 0.348 e. The number of nitrogens with one attached hydrogen (secondary N) is 1. The van der Waals surface area contributed by atoms with Crippen LogP contribution in [-0.4, -0.2) is 26.7 Å². The first-order valence-corrected chi connectivity index (χ1v) is 11.9. The van der Waals surface area contributed by atoms with Crippen LogP contribution < -0.4 is 5.32 Å². The first-order valence-electron chi connectivity index (χ1n) is 11.5. The number of rotatable bonds is 4. The molecule has 34 heavy (non-hydrogen) atoms. The van der Waals surface area contributed by atoms with Crippen molar-refractivity contribution in [1.29, 1.82) is 0 Å². The van der Waals surface area contributed by atoms with E-state index in [0.717, 1.165) is 41.6 Å². The molecule has 1 atom stereocenters. The molecule has 0 aliphatic heterocycles. The molecule has 0 fully saturated rings. The molecule has 0 bridgehead atoms. The van der Waals surface area contributed by atoms with Gasteiger partial charge >= 0.3 is 0 Å². The maximum absolute atomic E-state index is 13.0. The average molecular weight is 471 g/mol. The van der Waals surface area contributed by atoms with Crippen LogP contribution in [0.4, 0.5) is 0 Å². The van der Waals surface area contributed by atoms with Crippen molar-refractivity contribution in [3.8, 4) is 22.4 Å². The van der Waals surface area contributed by atoms with E-state index in [9.17, 15) is 4.79 Å². The van der Waals surface area contributed by atoms with Crippen LogP contribution in [0, 0.1) is 13.8 Å². The zero-order valence-electron chi connectivity index (χ0n) is 19.6. The van der Waals surface area contributed by atoms with Crippen molar-refractivity contribution in [2.24, 2.45) is 7.05 Å². The number of hydrogen-bond donors (Lipinski definition) is 1. The summed E-state index contributed by atoms with van der Waals surface area (Å²) in [5, 5.41) is 8.27. The highest BCUT2D eigenvalue weighted by Gasteiger charge is 2.25. The summed E-state index contributed by atoms with van der Waals surface area (Å²) in [4.78, 5) is 17.5. The van der Waals surface area contributed by atoms with Crippen molar-refractivity contribution in [2.45, 2.75) is 39.2 Å². The summed E-state index contributed by atoms with van der Waals surface area (Å²) in [6, 6.07) is 16.0. The van der Waals surface area contributed by atoms with Gasteiger partial charge in [0.1, 0.15) is 5.69 Å². The van der Waals surface area contributed by atoms with Crippen LogP contribution in [0.5, 0.6) is 0 Å². The van der Waals surface area contributed by atoms with Crippen molar-refractivity contribution in [2.75, 3.05) is 0 Å². The predicted octanol–water partition coefficient (Wildman–Crippen LogP) is 5.71. The van der Waals surface area contributed by atoms with Crippen molar-refractivity contribution >= 4 is 17.5 Å². The highest BCUT2D eigenvalue weighted by molar-refractivity contribution is 6.30. The SMILES string of the molecule is Cc1cc(Cl)ccc1-c1ccc(C(=O)N[C@H]2CCc3c(C)ccc(-c4ccnn4C)c3C2)nc1. The van der Waals surface area contributed by atoms with Crippen molar-refractivity contribution in [3.63, 3.8) is 0 Å². The zero-order valence-corrected chi connectivity index (χ0v) is 20.4. The van der Waals surface area contributed by atoms with E-state index in [1.54, 1.807) is 12.3 Å². The van der Waals surface area contributed by atoms with Crippen LogP contribution >= 0.6 is 11.6 Å². The molecule has 5 nitrogen and oxygen atoms in total. The number of benzene rings is 2. The van der Waals surface area contributed by atoms with E-state index < -0.39 is 0 Å². The Bertz CT molecular complexity index is 1370. The second kappa shape index (κ2) is 9.07. The van der Waals surface area contributed by atoms with Gasteiger partial charge in [-0.1, -0.05) is 35.9 Å². The quantitative estimate of drug-likeness (QED) is 0.415. The van der Waals surface area contributed by atoms with Crippen molar-refractivity contribution in [1.82, 2.24) is 20.1 Å². The average Bonchev–Trinajstić information content (AvgIpc) is 3.25. The minimum Gasteiger partial charge on any atom is -0.348 e. The molecule has 0 saturated heterocycles. The number of aryl methyl sites for hydroxylation is 3. The number of carbonyl (C=O) groups excluding carboxylic acids is 1. The Morgan fingerprint density at radius 3 is 2.56 bits per heavy atom. The number of amides is 1. The Morgan fingerprint density at radius 2 is 1.85 bits per heavy atom. The molecule has 0 saturated carbocycles. The third-order valence-corrected chi connectivity index (χ3v) is 7.02. The molecule has 2 aromatic carbocycles. The Hall–Kier alpha value is -3.44. The van der Waals surface area contributed by atoms with Gasteiger partial charge in [-0.2, -0.15) is 5.10 Å². The summed E-state index contributed by atoms with van der Waals surface area (Å²) in [6.07, 6.45) is 6.23. The first kappa shape index (κ1) is 22.4. The van der Waals surface area contributed by atoms with E-state index in [0.29, 0.717) is 10.7 Å². The summed E-state index contributed by atoms with van der Waals surface area (Å²) >= 11 is 6.08. The summed E-state index contributed by atoms with van der Waals surface area (Å²) in [7, 11) is 1.96. The third-order valence-electron chi connectivity index (χ3n) is 6.79. The second-order valence-corrected chi connectivity index (χ2v) is 9.47. The van der Waals surface area contributed by atoms with Gasteiger partial charge in [0.25, 0.3) is 5.91 Å². The molecule has 0 radical (unpaired) electrons. The normalized spacial score (nSPS) is 15.1. The fraction of sp³-hybridized carbons (Fsp3) is 0.250. The number of hydrogen-bond acceptors (Lipinski definition) is 3. The van der Waals surface area contributed by atoms with Crippen molar-refractivity contribution in [3.05, 3.63) is 93.9 Å². The summed E-state index contributed by atoms with van der Waals surface area (Å²) < 4.78 is 1.90. The number of pyridine rings is 1. The Balaban J connectivity index is 1.34. The maximum Gasteiger partial charge on any atom is 0.270 e. The number of halogens is 1. The maximum atomic E-state index is 13.0. The lowest BCUT2D eigenvalue weighted by atomic mass is 9.82. The molecule has 2 heterocycles. The Labute approximate surface area is 204 Å². The lowest BCUT2D eigenvalue weighted by Gasteiger charge is -2.28. The molecule has 172 valence electrons. The fourth-order valence-corrected chi connectivity index (χ4v) is 5.18. The van der Waals surface area contributed by atoms with Gasteiger partial charge in [0.15, 0.2) is 0 Å². The third kappa shape index (κ3) is 4.24. The van der Waals surface area contributed by atoms with Gasteiger partial charge in [-0.05, 0) is 85.2 Å². The van der Waals surface area contributed by atoms with E-state index in [1.807, 2.05) is 55.2 Å². The highest BCUT2D eigenvalue weighted by Crippen LogP contribution is 2.33. The number of nitrogens with zero attached hydrogens (tertiary/aromatic N) is 3. The van der Waals surface area contributed by atoms with Crippen LogP contribution in [0.25, 0.3) is 22.4 Å².